The van der Waals surface area contributed by atoms with Gasteiger partial charge in [-0.1, -0.05) is 12.1 Å². The monoisotopic (exact) mass is 273 g/mol. The molecule has 1 aliphatic carbocycles. The number of hydrogen-bond donors (Lipinski definition) is 1. The fraction of sp³-hybridized carbons (Fsp3) is 0.438. The molecule has 0 spiro atoms. The van der Waals surface area contributed by atoms with E-state index in [0.29, 0.717) is 12.0 Å². The minimum absolute atomic E-state index is 0.151. The summed E-state index contributed by atoms with van der Waals surface area (Å²) >= 11 is 0. The third kappa shape index (κ3) is 3.25. The Bertz CT molecular complexity index is 515. The third-order valence-electron chi connectivity index (χ3n) is 4.06. The fourth-order valence-corrected chi connectivity index (χ4v) is 2.78. The molecule has 106 valence electrons. The van der Waals surface area contributed by atoms with Crippen LogP contribution >= 0.6 is 0 Å². The molecular weight excluding hydrogens is 253 g/mol. The lowest BCUT2D eigenvalue weighted by Gasteiger charge is -2.36. The molecule has 4 heteroatoms. The molecule has 3 rings (SSSR count). The molecule has 20 heavy (non-hydrogen) atoms. The zero-order valence-corrected chi connectivity index (χ0v) is 11.5. The van der Waals surface area contributed by atoms with E-state index in [0.717, 1.165) is 32.4 Å². The van der Waals surface area contributed by atoms with Gasteiger partial charge in [-0.15, -0.1) is 0 Å². The van der Waals surface area contributed by atoms with Crippen LogP contribution in [0.25, 0.3) is 0 Å². The highest BCUT2D eigenvalue weighted by atomic mass is 19.1. The van der Waals surface area contributed by atoms with Gasteiger partial charge in [-0.3, -0.25) is 0 Å². The van der Waals surface area contributed by atoms with Gasteiger partial charge in [-0.25, -0.2) is 9.37 Å². The second-order valence-electron chi connectivity index (χ2n) is 5.52. The van der Waals surface area contributed by atoms with Crippen LogP contribution in [0.5, 0.6) is 0 Å². The van der Waals surface area contributed by atoms with Crippen molar-refractivity contribution < 1.29 is 4.39 Å². The highest BCUT2D eigenvalue weighted by molar-refractivity contribution is 5.23. The van der Waals surface area contributed by atoms with Gasteiger partial charge in [0, 0.05) is 25.0 Å². The second kappa shape index (κ2) is 6.18. The maximum absolute atomic E-state index is 12.9. The molecule has 0 aliphatic heterocycles. The predicted octanol–water partition coefficient (Wildman–Crippen LogP) is 2.95. The zero-order chi connectivity index (χ0) is 13.8. The Morgan fingerprint density at radius 2 is 2.05 bits per heavy atom. The number of imidazole rings is 1. The van der Waals surface area contributed by atoms with Crippen molar-refractivity contribution in [3.63, 3.8) is 0 Å². The summed E-state index contributed by atoms with van der Waals surface area (Å²) in [5.74, 6) is 0.448. The van der Waals surface area contributed by atoms with Crippen LogP contribution in [0.2, 0.25) is 0 Å². The average molecular weight is 273 g/mol. The van der Waals surface area contributed by atoms with Crippen LogP contribution < -0.4 is 5.32 Å². The number of nitrogens with zero attached hydrogens (tertiary/aromatic N) is 2. The molecule has 1 N–H and O–H groups in total. The second-order valence-corrected chi connectivity index (χ2v) is 5.52. The quantitative estimate of drug-likeness (QED) is 0.820. The molecular formula is C16H20FN3. The summed E-state index contributed by atoms with van der Waals surface area (Å²) in [4.78, 5) is 4.03. The number of rotatable bonds is 6. The van der Waals surface area contributed by atoms with Crippen LogP contribution in [0.3, 0.4) is 0 Å². The molecule has 1 saturated carbocycles. The molecule has 0 amide bonds. The van der Waals surface area contributed by atoms with Crippen LogP contribution in [-0.4, -0.2) is 22.1 Å². The van der Waals surface area contributed by atoms with E-state index in [2.05, 4.69) is 14.9 Å². The molecule has 1 aromatic carbocycles. The van der Waals surface area contributed by atoms with E-state index in [-0.39, 0.29) is 5.82 Å². The summed E-state index contributed by atoms with van der Waals surface area (Å²) in [6.45, 7) is 2.06. The Kier molecular flexibility index (Phi) is 4.11. The zero-order valence-electron chi connectivity index (χ0n) is 11.5. The summed E-state index contributed by atoms with van der Waals surface area (Å²) in [6, 6.07) is 7.56. The van der Waals surface area contributed by atoms with Gasteiger partial charge in [-0.2, -0.15) is 0 Å². The first-order valence-corrected chi connectivity index (χ1v) is 7.26. The van der Waals surface area contributed by atoms with Crippen molar-refractivity contribution in [2.75, 3.05) is 6.54 Å². The number of aryl methyl sites for hydroxylation is 1. The van der Waals surface area contributed by atoms with Crippen LogP contribution in [0, 0.1) is 5.82 Å². The predicted molar refractivity (Wildman–Crippen MR) is 77.0 cm³/mol. The first-order valence-electron chi connectivity index (χ1n) is 7.26. The van der Waals surface area contributed by atoms with Gasteiger partial charge in [-0.05, 0) is 49.4 Å². The molecule has 1 aromatic heterocycles. The van der Waals surface area contributed by atoms with Crippen LogP contribution in [0.4, 0.5) is 4.39 Å². The van der Waals surface area contributed by atoms with Gasteiger partial charge in [0.2, 0.25) is 0 Å². The van der Waals surface area contributed by atoms with Gasteiger partial charge in [0.05, 0.1) is 6.33 Å². The minimum atomic E-state index is -0.151. The summed E-state index contributed by atoms with van der Waals surface area (Å²) in [5, 5.41) is 3.58. The standard InChI is InChI=1S/C16H20FN3/c17-15-4-2-13(3-5-15)14-10-16(11-14)19-6-1-8-20-9-7-18-12-20/h2-5,7,9,12,14,16,19H,1,6,8,10-11H2. The highest BCUT2D eigenvalue weighted by Gasteiger charge is 2.29. The van der Waals surface area contributed by atoms with E-state index in [1.165, 1.54) is 5.56 Å². The van der Waals surface area contributed by atoms with Gasteiger partial charge in [0.25, 0.3) is 0 Å². The molecule has 0 unspecified atom stereocenters. The largest absolute Gasteiger partial charge is 0.337 e. The Morgan fingerprint density at radius 1 is 1.25 bits per heavy atom. The SMILES string of the molecule is Fc1ccc(C2CC(NCCCn3ccnc3)C2)cc1. The van der Waals surface area contributed by atoms with E-state index in [9.17, 15) is 4.39 Å². The Morgan fingerprint density at radius 3 is 2.75 bits per heavy atom. The van der Waals surface area contributed by atoms with E-state index in [1.54, 1.807) is 12.1 Å². The van der Waals surface area contributed by atoms with Gasteiger partial charge >= 0.3 is 0 Å². The lowest BCUT2D eigenvalue weighted by atomic mass is 9.76. The van der Waals surface area contributed by atoms with E-state index in [4.69, 9.17) is 0 Å². The van der Waals surface area contributed by atoms with E-state index >= 15 is 0 Å². The smallest absolute Gasteiger partial charge is 0.123 e. The molecule has 1 fully saturated rings. The summed E-state index contributed by atoms with van der Waals surface area (Å²) in [7, 11) is 0. The van der Waals surface area contributed by atoms with Gasteiger partial charge in [0.15, 0.2) is 0 Å². The van der Waals surface area contributed by atoms with Gasteiger partial charge < -0.3 is 9.88 Å². The van der Waals surface area contributed by atoms with Crippen molar-refractivity contribution in [3.05, 3.63) is 54.4 Å². The van der Waals surface area contributed by atoms with Crippen molar-refractivity contribution in [1.29, 1.82) is 0 Å². The Balaban J connectivity index is 1.33. The summed E-state index contributed by atoms with van der Waals surface area (Å²) in [5.41, 5.74) is 1.27. The number of hydrogen-bond acceptors (Lipinski definition) is 2. The molecule has 0 atom stereocenters. The normalized spacial score (nSPS) is 21.6. The van der Waals surface area contributed by atoms with Crippen molar-refractivity contribution in [2.45, 2.75) is 37.8 Å². The van der Waals surface area contributed by atoms with Crippen LogP contribution in [0.1, 0.15) is 30.7 Å². The lowest BCUT2D eigenvalue weighted by molar-refractivity contribution is 0.289. The van der Waals surface area contributed by atoms with Crippen molar-refractivity contribution in [2.24, 2.45) is 0 Å². The number of aromatic nitrogens is 2. The Hall–Kier alpha value is -1.68. The molecule has 0 bridgehead atoms. The lowest BCUT2D eigenvalue weighted by Crippen LogP contribution is -2.40. The summed E-state index contributed by atoms with van der Waals surface area (Å²) < 4.78 is 15.0. The fourth-order valence-electron chi connectivity index (χ4n) is 2.78. The van der Waals surface area contributed by atoms with E-state index in [1.807, 2.05) is 30.9 Å². The topological polar surface area (TPSA) is 29.9 Å². The average Bonchev–Trinajstić information content (AvgIpc) is 2.91. The van der Waals surface area contributed by atoms with Crippen molar-refractivity contribution in [1.82, 2.24) is 14.9 Å². The molecule has 3 nitrogen and oxygen atoms in total. The summed E-state index contributed by atoms with van der Waals surface area (Å²) in [6.07, 6.45) is 9.11. The third-order valence-corrected chi connectivity index (χ3v) is 4.06. The molecule has 1 heterocycles. The molecule has 0 saturated heterocycles. The van der Waals surface area contributed by atoms with Crippen molar-refractivity contribution >= 4 is 0 Å². The van der Waals surface area contributed by atoms with Crippen LogP contribution in [0.15, 0.2) is 43.0 Å². The van der Waals surface area contributed by atoms with E-state index < -0.39 is 0 Å². The molecule has 0 radical (unpaired) electrons. The highest BCUT2D eigenvalue weighted by Crippen LogP contribution is 2.36. The number of benzene rings is 1. The number of nitrogens with one attached hydrogen (secondary N) is 1. The van der Waals surface area contributed by atoms with Gasteiger partial charge in [0.1, 0.15) is 5.82 Å². The van der Waals surface area contributed by atoms with Crippen molar-refractivity contribution in [3.8, 4) is 0 Å². The first kappa shape index (κ1) is 13.3. The maximum Gasteiger partial charge on any atom is 0.123 e. The number of halogens is 1. The minimum Gasteiger partial charge on any atom is -0.337 e. The first-order chi connectivity index (χ1) is 9.81. The maximum atomic E-state index is 12.9. The van der Waals surface area contributed by atoms with Crippen LogP contribution in [-0.2, 0) is 6.54 Å². The molecule has 2 aromatic rings. The Labute approximate surface area is 118 Å². The molecule has 1 aliphatic rings.